The summed E-state index contributed by atoms with van der Waals surface area (Å²) in [6.45, 7) is 0.629. The average Bonchev–Trinajstić information content (AvgIpc) is 2.91. The second-order valence-corrected chi connectivity index (χ2v) is 5.43. The normalized spacial score (nSPS) is 21.9. The van der Waals surface area contributed by atoms with Gasteiger partial charge in [0.25, 0.3) is 0 Å². The number of aromatic nitrogens is 1. The molecule has 8 heteroatoms. The van der Waals surface area contributed by atoms with Crippen LogP contribution in [0.5, 0.6) is 0 Å². The molecule has 0 unspecified atom stereocenters. The summed E-state index contributed by atoms with van der Waals surface area (Å²) in [5, 5.41) is 0. The fourth-order valence-electron chi connectivity index (χ4n) is 2.48. The molecule has 0 atom stereocenters. The quantitative estimate of drug-likeness (QED) is 0.809. The van der Waals surface area contributed by atoms with E-state index in [0.29, 0.717) is 13.2 Å². The van der Waals surface area contributed by atoms with Crippen molar-refractivity contribution in [2.75, 3.05) is 13.2 Å². The molecule has 1 aliphatic heterocycles. The summed E-state index contributed by atoms with van der Waals surface area (Å²) in [5.74, 6) is -1.41. The molecule has 0 saturated carbocycles. The Bertz CT molecular complexity index is 520. The van der Waals surface area contributed by atoms with Crippen LogP contribution in [0.25, 0.3) is 0 Å². The minimum atomic E-state index is -4.42. The molecule has 104 valence electrons. The number of H-pyrrole nitrogens is 1. The molecule has 1 aliphatic carbocycles. The highest BCUT2D eigenvalue weighted by Gasteiger charge is 2.48. The molecule has 4 nitrogen and oxygen atoms in total. The van der Waals surface area contributed by atoms with Crippen LogP contribution in [0.1, 0.15) is 28.9 Å². The monoisotopic (exact) mass is 293 g/mol. The molecule has 0 amide bonds. The lowest BCUT2D eigenvalue weighted by atomic mass is 9.90. The van der Waals surface area contributed by atoms with E-state index < -0.39 is 11.3 Å². The Balaban J connectivity index is 2.07. The van der Waals surface area contributed by atoms with Crippen molar-refractivity contribution in [3.8, 4) is 0 Å². The number of hydrogen-bond donors (Lipinski definition) is 1. The summed E-state index contributed by atoms with van der Waals surface area (Å²) in [5.41, 5.74) is -4.06. The van der Waals surface area contributed by atoms with Gasteiger partial charge in [-0.3, -0.25) is 4.79 Å². The number of thioether (sulfide) groups is 1. The standard InChI is InChI=1S/C11H10F3NO3S/c12-11(13,14)19-7-5-15-9-6(16)1-2-10(8(7)9)17-3-4-18-10/h5,15H,1-4H2. The first kappa shape index (κ1) is 13.0. The molecule has 1 spiro atoms. The number of fused-ring (bicyclic) bond motifs is 2. The number of rotatable bonds is 1. The van der Waals surface area contributed by atoms with Crippen LogP contribution < -0.4 is 0 Å². The second kappa shape index (κ2) is 4.26. The number of halogens is 3. The smallest absolute Gasteiger partial charge is 0.357 e. The van der Waals surface area contributed by atoms with E-state index in [4.69, 9.17) is 9.47 Å². The number of nitrogens with one attached hydrogen (secondary N) is 1. The summed E-state index contributed by atoms with van der Waals surface area (Å²) in [6.07, 6.45) is 1.64. The van der Waals surface area contributed by atoms with Crippen LogP contribution in [0.4, 0.5) is 13.2 Å². The van der Waals surface area contributed by atoms with E-state index in [1.807, 2.05) is 0 Å². The highest BCUT2D eigenvalue weighted by atomic mass is 32.2. The van der Waals surface area contributed by atoms with Crippen LogP contribution in [-0.2, 0) is 15.3 Å². The summed E-state index contributed by atoms with van der Waals surface area (Å²) in [7, 11) is 0. The number of carbonyl (C=O) groups excluding carboxylic acids is 1. The van der Waals surface area contributed by atoms with Crippen molar-refractivity contribution < 1.29 is 27.4 Å². The Labute approximate surface area is 110 Å². The van der Waals surface area contributed by atoms with E-state index in [-0.39, 0.29) is 46.5 Å². The highest BCUT2D eigenvalue weighted by molar-refractivity contribution is 8.00. The lowest BCUT2D eigenvalue weighted by Crippen LogP contribution is -2.34. The zero-order valence-electron chi connectivity index (χ0n) is 9.67. The van der Waals surface area contributed by atoms with Crippen molar-refractivity contribution in [2.24, 2.45) is 0 Å². The van der Waals surface area contributed by atoms with Gasteiger partial charge in [0, 0.05) is 23.9 Å². The van der Waals surface area contributed by atoms with Gasteiger partial charge in [0.1, 0.15) is 0 Å². The van der Waals surface area contributed by atoms with Crippen molar-refractivity contribution in [3.05, 3.63) is 17.5 Å². The van der Waals surface area contributed by atoms with Crippen molar-refractivity contribution in [1.82, 2.24) is 4.98 Å². The number of hydrogen-bond acceptors (Lipinski definition) is 4. The van der Waals surface area contributed by atoms with E-state index >= 15 is 0 Å². The largest absolute Gasteiger partial charge is 0.446 e. The van der Waals surface area contributed by atoms with Gasteiger partial charge in [-0.25, -0.2) is 0 Å². The van der Waals surface area contributed by atoms with Crippen LogP contribution in [0.2, 0.25) is 0 Å². The SMILES string of the molecule is O=C1CCC2(OCCO2)c2c(SC(F)(F)F)c[nH]c21. The predicted molar refractivity (Wildman–Crippen MR) is 59.9 cm³/mol. The van der Waals surface area contributed by atoms with Crippen molar-refractivity contribution in [2.45, 2.75) is 29.0 Å². The molecular formula is C11H10F3NO3S. The third-order valence-electron chi connectivity index (χ3n) is 3.16. The molecular weight excluding hydrogens is 283 g/mol. The van der Waals surface area contributed by atoms with E-state index in [0.717, 1.165) is 0 Å². The predicted octanol–water partition coefficient (Wildman–Crippen LogP) is 2.80. The number of ketones is 1. The molecule has 0 bridgehead atoms. The molecule has 1 N–H and O–H groups in total. The number of alkyl halides is 3. The van der Waals surface area contributed by atoms with Crippen LogP contribution in [0.15, 0.2) is 11.1 Å². The Morgan fingerprint density at radius 2 is 2.00 bits per heavy atom. The maximum atomic E-state index is 12.5. The highest BCUT2D eigenvalue weighted by Crippen LogP contribution is 2.49. The van der Waals surface area contributed by atoms with Gasteiger partial charge in [0.15, 0.2) is 11.6 Å². The minimum absolute atomic E-state index is 0.0579. The molecule has 1 aromatic heterocycles. The Morgan fingerprint density at radius 1 is 1.32 bits per heavy atom. The lowest BCUT2D eigenvalue weighted by molar-refractivity contribution is -0.174. The average molecular weight is 293 g/mol. The Hall–Kier alpha value is -0.990. The molecule has 19 heavy (non-hydrogen) atoms. The molecule has 1 saturated heterocycles. The first-order chi connectivity index (χ1) is 8.91. The van der Waals surface area contributed by atoms with Crippen LogP contribution in [-0.4, -0.2) is 29.5 Å². The number of ether oxygens (including phenoxy) is 2. The number of carbonyl (C=O) groups is 1. The maximum Gasteiger partial charge on any atom is 0.446 e. The van der Waals surface area contributed by atoms with Crippen molar-refractivity contribution in [3.63, 3.8) is 0 Å². The fraction of sp³-hybridized carbons (Fsp3) is 0.545. The second-order valence-electron chi connectivity index (χ2n) is 4.32. The van der Waals surface area contributed by atoms with Gasteiger partial charge in [0.05, 0.1) is 24.5 Å². The summed E-state index contributed by atoms with van der Waals surface area (Å²) in [4.78, 5) is 14.3. The molecule has 0 radical (unpaired) electrons. The van der Waals surface area contributed by atoms with Crippen molar-refractivity contribution >= 4 is 17.5 Å². The molecule has 2 aliphatic rings. The molecule has 3 rings (SSSR count). The van der Waals surface area contributed by atoms with E-state index in [9.17, 15) is 18.0 Å². The van der Waals surface area contributed by atoms with Crippen LogP contribution >= 0.6 is 11.8 Å². The number of aromatic amines is 1. The fourth-order valence-corrected chi connectivity index (χ4v) is 3.21. The first-order valence-corrected chi connectivity index (χ1v) is 6.52. The topological polar surface area (TPSA) is 51.3 Å². The lowest BCUT2D eigenvalue weighted by Gasteiger charge is -2.31. The van der Waals surface area contributed by atoms with Gasteiger partial charge in [-0.2, -0.15) is 13.2 Å². The zero-order valence-corrected chi connectivity index (χ0v) is 10.5. The minimum Gasteiger partial charge on any atom is -0.357 e. The van der Waals surface area contributed by atoms with Crippen LogP contribution in [0.3, 0.4) is 0 Å². The zero-order chi connectivity index (χ0) is 13.7. The summed E-state index contributed by atoms with van der Waals surface area (Å²) >= 11 is -0.259. The molecule has 0 aromatic carbocycles. The van der Waals surface area contributed by atoms with E-state index in [1.165, 1.54) is 6.20 Å². The van der Waals surface area contributed by atoms with Gasteiger partial charge >= 0.3 is 5.51 Å². The van der Waals surface area contributed by atoms with Gasteiger partial charge in [-0.15, -0.1) is 0 Å². The van der Waals surface area contributed by atoms with Crippen molar-refractivity contribution in [1.29, 1.82) is 0 Å². The summed E-state index contributed by atoms with van der Waals surface area (Å²) < 4.78 is 48.6. The van der Waals surface area contributed by atoms with E-state index in [1.54, 1.807) is 0 Å². The van der Waals surface area contributed by atoms with Gasteiger partial charge in [0.2, 0.25) is 0 Å². The molecule has 1 aromatic rings. The Kier molecular flexibility index (Phi) is 2.91. The third kappa shape index (κ3) is 2.17. The van der Waals surface area contributed by atoms with Crippen LogP contribution in [0, 0.1) is 0 Å². The summed E-state index contributed by atoms with van der Waals surface area (Å²) in [6, 6.07) is 0. The first-order valence-electron chi connectivity index (χ1n) is 5.70. The molecule has 2 heterocycles. The Morgan fingerprint density at radius 3 is 2.63 bits per heavy atom. The van der Waals surface area contributed by atoms with Gasteiger partial charge in [-0.1, -0.05) is 0 Å². The number of Topliss-reactive ketones (excluding diaryl/α,β-unsaturated/α-hetero) is 1. The molecule has 1 fully saturated rings. The van der Waals surface area contributed by atoms with E-state index in [2.05, 4.69) is 4.98 Å². The van der Waals surface area contributed by atoms with Gasteiger partial charge in [-0.05, 0) is 11.8 Å². The van der Waals surface area contributed by atoms with Gasteiger partial charge < -0.3 is 14.5 Å². The maximum absolute atomic E-state index is 12.5. The third-order valence-corrected chi connectivity index (χ3v) is 3.94.